The lowest BCUT2D eigenvalue weighted by Gasteiger charge is -2.17. The third-order valence-electron chi connectivity index (χ3n) is 3.37. The van der Waals surface area contributed by atoms with Crippen LogP contribution in [0.1, 0.15) is 65.2 Å². The highest BCUT2D eigenvalue weighted by Crippen LogP contribution is 2.11. The Labute approximate surface area is 143 Å². The van der Waals surface area contributed by atoms with Crippen molar-refractivity contribution in [3.8, 4) is 0 Å². The van der Waals surface area contributed by atoms with Crippen LogP contribution in [0.2, 0.25) is 0 Å². The first-order valence-electron chi connectivity index (χ1n) is 8.18. The van der Waals surface area contributed by atoms with Crippen LogP contribution in [0, 0.1) is 0 Å². The monoisotopic (exact) mass is 368 g/mol. The van der Waals surface area contributed by atoms with Gasteiger partial charge in [0.25, 0.3) is 10.1 Å². The minimum absolute atomic E-state index is 0.345. The van der Waals surface area contributed by atoms with Gasteiger partial charge in [0.05, 0.1) is 13.0 Å². The van der Waals surface area contributed by atoms with Gasteiger partial charge in [0, 0.05) is 0 Å². The van der Waals surface area contributed by atoms with Crippen molar-refractivity contribution in [1.82, 2.24) is 0 Å². The molecule has 2 unspecified atom stereocenters. The van der Waals surface area contributed by atoms with Gasteiger partial charge in [-0.1, -0.05) is 45.4 Å². The van der Waals surface area contributed by atoms with Crippen molar-refractivity contribution in [3.63, 3.8) is 0 Å². The van der Waals surface area contributed by atoms with Gasteiger partial charge in [0.1, 0.15) is 0 Å². The van der Waals surface area contributed by atoms with Crippen molar-refractivity contribution in [1.29, 1.82) is 0 Å². The first kappa shape index (κ1) is 22.8. The van der Waals surface area contributed by atoms with E-state index >= 15 is 0 Å². The topological polar surface area (TPSA) is 127 Å². The van der Waals surface area contributed by atoms with Crippen molar-refractivity contribution in [2.24, 2.45) is 0 Å². The minimum atomic E-state index is -4.86. The molecule has 0 radical (unpaired) electrons. The van der Waals surface area contributed by atoms with Gasteiger partial charge in [-0.2, -0.15) is 8.42 Å². The van der Waals surface area contributed by atoms with Gasteiger partial charge < -0.3 is 14.6 Å². The predicted molar refractivity (Wildman–Crippen MR) is 87.1 cm³/mol. The molecule has 0 spiro atoms. The Morgan fingerprint density at radius 1 is 1.04 bits per heavy atom. The van der Waals surface area contributed by atoms with E-state index in [9.17, 15) is 18.0 Å². The van der Waals surface area contributed by atoms with E-state index in [1.54, 1.807) is 0 Å². The Morgan fingerprint density at radius 2 is 1.58 bits per heavy atom. The molecule has 0 aliphatic carbocycles. The Morgan fingerprint density at radius 3 is 2.08 bits per heavy atom. The summed E-state index contributed by atoms with van der Waals surface area (Å²) < 4.78 is 41.0. The largest absolute Gasteiger partial charge is 0.481 e. The number of unbranched alkanes of at least 4 members (excludes halogenated alkanes) is 6. The van der Waals surface area contributed by atoms with Crippen molar-refractivity contribution < 1.29 is 37.1 Å². The molecule has 0 heterocycles. The van der Waals surface area contributed by atoms with Gasteiger partial charge in [-0.15, -0.1) is 0 Å². The van der Waals surface area contributed by atoms with Crippen LogP contribution >= 0.6 is 0 Å². The molecule has 0 aromatic heterocycles. The molecule has 0 aliphatic rings. The van der Waals surface area contributed by atoms with Crippen LogP contribution in [0.4, 0.5) is 0 Å². The molecule has 0 saturated heterocycles. The summed E-state index contributed by atoms with van der Waals surface area (Å²) in [7, 11) is -4.86. The quantitative estimate of drug-likeness (QED) is 0.207. The molecule has 2 atom stereocenters. The molecule has 0 rings (SSSR count). The Hall–Kier alpha value is -1.19. The molecule has 0 aliphatic heterocycles. The van der Waals surface area contributed by atoms with Crippen molar-refractivity contribution in [2.45, 2.75) is 76.8 Å². The van der Waals surface area contributed by atoms with Gasteiger partial charge >= 0.3 is 11.9 Å². The molecular formula is C15H28O8S. The Kier molecular flexibility index (Phi) is 11.6. The van der Waals surface area contributed by atoms with Crippen LogP contribution in [0.15, 0.2) is 0 Å². The van der Waals surface area contributed by atoms with Crippen LogP contribution in [0.3, 0.4) is 0 Å². The van der Waals surface area contributed by atoms with E-state index in [1.807, 2.05) is 0 Å². The lowest BCUT2D eigenvalue weighted by Crippen LogP contribution is -2.36. The third-order valence-corrected chi connectivity index (χ3v) is 4.44. The van der Waals surface area contributed by atoms with Gasteiger partial charge in [-0.05, 0) is 13.3 Å². The molecule has 0 fully saturated rings. The van der Waals surface area contributed by atoms with Crippen molar-refractivity contribution in [3.05, 3.63) is 0 Å². The number of carboxylic acid groups (broad SMARTS) is 1. The second kappa shape index (κ2) is 12.2. The van der Waals surface area contributed by atoms with E-state index in [2.05, 4.69) is 6.92 Å². The smallest absolute Gasteiger partial charge is 0.329 e. The van der Waals surface area contributed by atoms with Gasteiger partial charge in [-0.25, -0.2) is 0 Å². The molecular weight excluding hydrogens is 340 g/mol. The van der Waals surface area contributed by atoms with E-state index in [0.717, 1.165) is 19.3 Å². The maximum atomic E-state index is 11.7. The van der Waals surface area contributed by atoms with Crippen LogP contribution in [-0.4, -0.2) is 48.2 Å². The minimum Gasteiger partial charge on any atom is -0.481 e. The molecule has 0 amide bonds. The van der Waals surface area contributed by atoms with Crippen LogP contribution in [-0.2, 0) is 29.2 Å². The SMILES string of the molecule is CCCCCCCCCOC(C)OC(=O)C(CC(=O)O)S(=O)(=O)O. The van der Waals surface area contributed by atoms with E-state index in [4.69, 9.17) is 19.1 Å². The number of hydrogen-bond donors (Lipinski definition) is 2. The first-order chi connectivity index (χ1) is 11.2. The standard InChI is InChI=1S/C15H28O8S/c1-3-4-5-6-7-8-9-10-22-12(2)23-15(18)13(11-14(16)17)24(19,20)21/h12-13H,3-11H2,1-2H3,(H,16,17)(H,19,20,21). The molecule has 0 aromatic carbocycles. The average Bonchev–Trinajstić information content (AvgIpc) is 2.46. The highest BCUT2D eigenvalue weighted by Gasteiger charge is 2.35. The predicted octanol–water partition coefficient (Wildman–Crippen LogP) is 2.37. The fourth-order valence-corrected chi connectivity index (χ4v) is 2.70. The Bertz CT molecular complexity index is 474. The average molecular weight is 368 g/mol. The maximum absolute atomic E-state index is 11.7. The summed E-state index contributed by atoms with van der Waals surface area (Å²) in [5.74, 6) is -2.88. The zero-order chi connectivity index (χ0) is 18.6. The third kappa shape index (κ3) is 11.4. The first-order valence-corrected chi connectivity index (χ1v) is 9.69. The maximum Gasteiger partial charge on any atom is 0.329 e. The molecule has 9 heteroatoms. The van der Waals surface area contributed by atoms with Gasteiger partial charge in [0.15, 0.2) is 11.5 Å². The summed E-state index contributed by atoms with van der Waals surface area (Å²) in [6, 6.07) is 0. The van der Waals surface area contributed by atoms with E-state index < -0.39 is 40.0 Å². The summed E-state index contributed by atoms with van der Waals surface area (Å²) in [6.07, 6.45) is 5.59. The highest BCUT2D eigenvalue weighted by molar-refractivity contribution is 7.87. The Balaban J connectivity index is 4.05. The molecule has 24 heavy (non-hydrogen) atoms. The summed E-state index contributed by atoms with van der Waals surface area (Å²) in [5.41, 5.74) is 0. The van der Waals surface area contributed by atoms with E-state index in [-0.39, 0.29) is 0 Å². The highest BCUT2D eigenvalue weighted by atomic mass is 32.2. The molecule has 0 saturated carbocycles. The lowest BCUT2D eigenvalue weighted by molar-refractivity contribution is -0.175. The number of carbonyl (C=O) groups excluding carboxylic acids is 1. The summed E-state index contributed by atoms with van der Waals surface area (Å²) in [5, 5.41) is 6.44. The van der Waals surface area contributed by atoms with Crippen molar-refractivity contribution in [2.75, 3.05) is 6.61 Å². The number of aliphatic carboxylic acids is 1. The number of carboxylic acids is 1. The van der Waals surface area contributed by atoms with Crippen LogP contribution in [0.25, 0.3) is 0 Å². The number of hydrogen-bond acceptors (Lipinski definition) is 6. The molecule has 2 N–H and O–H groups in total. The summed E-state index contributed by atoms with van der Waals surface area (Å²) in [6.45, 7) is 3.90. The van der Waals surface area contributed by atoms with Gasteiger partial charge in [0.2, 0.25) is 0 Å². The second-order valence-electron chi connectivity index (χ2n) is 5.60. The van der Waals surface area contributed by atoms with Gasteiger partial charge in [-0.3, -0.25) is 14.1 Å². The number of rotatable bonds is 14. The number of esters is 1. The zero-order valence-electron chi connectivity index (χ0n) is 14.3. The van der Waals surface area contributed by atoms with Crippen LogP contribution in [0.5, 0.6) is 0 Å². The van der Waals surface area contributed by atoms with Crippen LogP contribution < -0.4 is 0 Å². The fraction of sp³-hybridized carbons (Fsp3) is 0.867. The second-order valence-corrected chi connectivity index (χ2v) is 7.20. The number of carbonyl (C=O) groups is 2. The lowest BCUT2D eigenvalue weighted by atomic mass is 10.1. The van der Waals surface area contributed by atoms with Crippen molar-refractivity contribution >= 4 is 22.1 Å². The zero-order valence-corrected chi connectivity index (χ0v) is 15.1. The number of ether oxygens (including phenoxy) is 2. The van der Waals surface area contributed by atoms with E-state index in [1.165, 1.54) is 32.6 Å². The molecule has 142 valence electrons. The molecule has 8 nitrogen and oxygen atoms in total. The molecule has 0 aromatic rings. The summed E-state index contributed by atoms with van der Waals surface area (Å²) >= 11 is 0. The fourth-order valence-electron chi connectivity index (χ4n) is 2.05. The van der Waals surface area contributed by atoms with E-state index in [0.29, 0.717) is 6.61 Å². The summed E-state index contributed by atoms with van der Waals surface area (Å²) in [4.78, 5) is 22.2. The molecule has 0 bridgehead atoms. The normalized spacial score (nSPS) is 14.1.